The Morgan fingerprint density at radius 2 is 1.85 bits per heavy atom. The van der Waals surface area contributed by atoms with Crippen molar-refractivity contribution in [2.24, 2.45) is 0 Å². The van der Waals surface area contributed by atoms with Crippen molar-refractivity contribution in [1.82, 2.24) is 20.1 Å². The number of benzene rings is 2. The maximum atomic E-state index is 12.9. The Hall–Kier alpha value is -2.73. The van der Waals surface area contributed by atoms with Gasteiger partial charge in [0.05, 0.1) is 20.7 Å². The molecule has 4 aromatic rings. The highest BCUT2D eigenvalue weighted by molar-refractivity contribution is 7.18. The highest BCUT2D eigenvalue weighted by Crippen LogP contribution is 2.34. The van der Waals surface area contributed by atoms with Crippen molar-refractivity contribution in [2.45, 2.75) is 18.8 Å². The van der Waals surface area contributed by atoms with Crippen molar-refractivity contribution >= 4 is 38.4 Å². The summed E-state index contributed by atoms with van der Waals surface area (Å²) < 4.78 is 1.24. The van der Waals surface area contributed by atoms with Crippen molar-refractivity contribution < 1.29 is 4.79 Å². The molecule has 1 N–H and O–H groups in total. The van der Waals surface area contributed by atoms with Crippen LogP contribution in [0, 0.1) is 0 Å². The Morgan fingerprint density at radius 3 is 2.69 bits per heavy atom. The van der Waals surface area contributed by atoms with E-state index in [0.29, 0.717) is 11.6 Å². The molecule has 0 bridgehead atoms. The minimum absolute atomic E-state index is 0.0187. The van der Waals surface area contributed by atoms with Crippen LogP contribution in [0.5, 0.6) is 0 Å². The van der Waals surface area contributed by atoms with Gasteiger partial charge in [-0.3, -0.25) is 9.89 Å². The Balaban J connectivity index is 1.33. The van der Waals surface area contributed by atoms with E-state index in [1.54, 1.807) is 11.3 Å². The Kier molecular flexibility index (Phi) is 3.71. The number of amides is 1. The van der Waals surface area contributed by atoms with Gasteiger partial charge in [-0.05, 0) is 31.0 Å². The van der Waals surface area contributed by atoms with Crippen LogP contribution in [0.25, 0.3) is 21.1 Å². The summed E-state index contributed by atoms with van der Waals surface area (Å²) >= 11 is 1.78. The van der Waals surface area contributed by atoms with Crippen LogP contribution in [0.1, 0.15) is 34.3 Å². The number of para-hydroxylation sites is 2. The van der Waals surface area contributed by atoms with Gasteiger partial charge in [0.15, 0.2) is 5.69 Å². The summed E-state index contributed by atoms with van der Waals surface area (Å²) in [5.41, 5.74) is 2.51. The molecule has 0 saturated carbocycles. The third kappa shape index (κ3) is 2.57. The number of hydrogen-bond donors (Lipinski definition) is 1. The standard InChI is InChI=1S/C20H18N4OS/c25-20(18-14-5-1-2-6-15(14)22-23-18)24-11-9-13(10-12-24)19-21-16-7-3-4-8-17(16)26-19/h1-8,13H,9-12H2,(H,22,23). The first kappa shape index (κ1) is 15.5. The highest BCUT2D eigenvalue weighted by atomic mass is 32.1. The first-order chi connectivity index (χ1) is 12.8. The number of carbonyl (C=O) groups is 1. The van der Waals surface area contributed by atoms with Crippen LogP contribution in [0.3, 0.4) is 0 Å². The zero-order valence-corrected chi connectivity index (χ0v) is 15.0. The molecule has 1 fully saturated rings. The summed E-state index contributed by atoms with van der Waals surface area (Å²) in [4.78, 5) is 19.6. The molecule has 2 aromatic carbocycles. The number of likely N-dealkylation sites (tertiary alicyclic amines) is 1. The first-order valence-corrected chi connectivity index (χ1v) is 9.69. The molecule has 130 valence electrons. The van der Waals surface area contributed by atoms with Crippen LogP contribution in [-0.4, -0.2) is 39.1 Å². The van der Waals surface area contributed by atoms with Gasteiger partial charge in [-0.25, -0.2) is 4.98 Å². The zero-order valence-electron chi connectivity index (χ0n) is 14.2. The summed E-state index contributed by atoms with van der Waals surface area (Å²) in [5.74, 6) is 0.456. The summed E-state index contributed by atoms with van der Waals surface area (Å²) in [7, 11) is 0. The smallest absolute Gasteiger partial charge is 0.274 e. The van der Waals surface area contributed by atoms with Gasteiger partial charge in [-0.15, -0.1) is 11.3 Å². The van der Waals surface area contributed by atoms with E-state index in [0.717, 1.165) is 42.4 Å². The molecule has 0 unspecified atom stereocenters. The number of aromatic amines is 1. The van der Waals surface area contributed by atoms with Crippen LogP contribution < -0.4 is 0 Å². The summed E-state index contributed by atoms with van der Waals surface area (Å²) in [5, 5.41) is 9.29. The fourth-order valence-corrected chi connectivity index (χ4v) is 4.81. The van der Waals surface area contributed by atoms with Gasteiger partial charge < -0.3 is 4.90 Å². The SMILES string of the molecule is O=C(c1n[nH]c2ccccc12)N1CCC(c2nc3ccccc3s2)CC1. The second-order valence-electron chi connectivity index (χ2n) is 6.70. The van der Waals surface area contributed by atoms with Crippen molar-refractivity contribution in [3.05, 3.63) is 59.2 Å². The quantitative estimate of drug-likeness (QED) is 0.581. The molecule has 1 amide bonds. The van der Waals surface area contributed by atoms with E-state index in [1.165, 1.54) is 9.71 Å². The van der Waals surface area contributed by atoms with Crippen molar-refractivity contribution in [3.63, 3.8) is 0 Å². The summed E-state index contributed by atoms with van der Waals surface area (Å²) in [6, 6.07) is 16.0. The Labute approximate surface area is 154 Å². The molecule has 5 nitrogen and oxygen atoms in total. The van der Waals surface area contributed by atoms with Crippen molar-refractivity contribution in [1.29, 1.82) is 0 Å². The van der Waals surface area contributed by atoms with E-state index in [9.17, 15) is 4.79 Å². The van der Waals surface area contributed by atoms with Crippen LogP contribution >= 0.6 is 11.3 Å². The summed E-state index contributed by atoms with van der Waals surface area (Å²) in [6.07, 6.45) is 1.90. The first-order valence-electron chi connectivity index (χ1n) is 8.87. The molecule has 2 aromatic heterocycles. The number of H-pyrrole nitrogens is 1. The Bertz CT molecular complexity index is 1060. The normalized spacial score (nSPS) is 15.8. The molecule has 5 rings (SSSR count). The lowest BCUT2D eigenvalue weighted by Gasteiger charge is -2.30. The average Bonchev–Trinajstić information content (AvgIpc) is 3.32. The number of aromatic nitrogens is 3. The number of thiazole rings is 1. The molecule has 1 saturated heterocycles. The van der Waals surface area contributed by atoms with Gasteiger partial charge in [0.1, 0.15) is 0 Å². The van der Waals surface area contributed by atoms with E-state index in [-0.39, 0.29) is 5.91 Å². The Morgan fingerprint density at radius 1 is 1.08 bits per heavy atom. The zero-order chi connectivity index (χ0) is 17.5. The predicted molar refractivity (Wildman–Crippen MR) is 104 cm³/mol. The van der Waals surface area contributed by atoms with Crippen LogP contribution in [0.4, 0.5) is 0 Å². The maximum Gasteiger partial charge on any atom is 0.274 e. The number of nitrogens with zero attached hydrogens (tertiary/aromatic N) is 3. The molecule has 26 heavy (non-hydrogen) atoms. The minimum Gasteiger partial charge on any atom is -0.337 e. The molecule has 0 radical (unpaired) electrons. The second kappa shape index (κ2) is 6.21. The van der Waals surface area contributed by atoms with Gasteiger partial charge in [0.2, 0.25) is 0 Å². The second-order valence-corrected chi connectivity index (χ2v) is 7.77. The number of nitrogens with one attached hydrogen (secondary N) is 1. The van der Waals surface area contributed by atoms with Crippen LogP contribution in [0.2, 0.25) is 0 Å². The van der Waals surface area contributed by atoms with Crippen molar-refractivity contribution in [2.75, 3.05) is 13.1 Å². The van der Waals surface area contributed by atoms with E-state index in [1.807, 2.05) is 35.2 Å². The maximum absolute atomic E-state index is 12.9. The molecule has 0 spiro atoms. The van der Waals surface area contributed by atoms with E-state index < -0.39 is 0 Å². The number of hydrogen-bond acceptors (Lipinski definition) is 4. The lowest BCUT2D eigenvalue weighted by Crippen LogP contribution is -2.38. The van der Waals surface area contributed by atoms with E-state index >= 15 is 0 Å². The average molecular weight is 362 g/mol. The van der Waals surface area contributed by atoms with Crippen LogP contribution in [-0.2, 0) is 0 Å². The fourth-order valence-electron chi connectivity index (χ4n) is 3.67. The number of rotatable bonds is 2. The third-order valence-electron chi connectivity index (χ3n) is 5.11. The lowest BCUT2D eigenvalue weighted by molar-refractivity contribution is 0.0709. The van der Waals surface area contributed by atoms with E-state index in [2.05, 4.69) is 28.4 Å². The highest BCUT2D eigenvalue weighted by Gasteiger charge is 2.28. The topological polar surface area (TPSA) is 61.9 Å². The monoisotopic (exact) mass is 362 g/mol. The van der Waals surface area contributed by atoms with Gasteiger partial charge >= 0.3 is 0 Å². The van der Waals surface area contributed by atoms with Gasteiger partial charge in [0, 0.05) is 24.4 Å². The van der Waals surface area contributed by atoms with Crippen LogP contribution in [0.15, 0.2) is 48.5 Å². The number of piperidine rings is 1. The molecular weight excluding hydrogens is 344 g/mol. The van der Waals surface area contributed by atoms with Gasteiger partial charge in [-0.1, -0.05) is 30.3 Å². The van der Waals surface area contributed by atoms with Crippen molar-refractivity contribution in [3.8, 4) is 0 Å². The van der Waals surface area contributed by atoms with Gasteiger partial charge in [-0.2, -0.15) is 5.10 Å². The predicted octanol–water partition coefficient (Wildman–Crippen LogP) is 4.19. The lowest BCUT2D eigenvalue weighted by atomic mass is 9.97. The van der Waals surface area contributed by atoms with Gasteiger partial charge in [0.25, 0.3) is 5.91 Å². The number of fused-ring (bicyclic) bond motifs is 2. The molecule has 6 heteroatoms. The molecule has 0 atom stereocenters. The summed E-state index contributed by atoms with van der Waals surface area (Å²) in [6.45, 7) is 1.50. The molecular formula is C20H18N4OS. The largest absolute Gasteiger partial charge is 0.337 e. The molecule has 1 aliphatic heterocycles. The molecule has 3 heterocycles. The minimum atomic E-state index is 0.0187. The fraction of sp³-hybridized carbons (Fsp3) is 0.250. The third-order valence-corrected chi connectivity index (χ3v) is 6.31. The van der Waals surface area contributed by atoms with E-state index in [4.69, 9.17) is 4.98 Å². The number of carbonyl (C=O) groups excluding carboxylic acids is 1. The molecule has 1 aliphatic rings. The molecule has 0 aliphatic carbocycles.